The molecule has 1 spiro atoms. The lowest BCUT2D eigenvalue weighted by Gasteiger charge is -2.64. The fourth-order valence-electron chi connectivity index (χ4n) is 7.93. The Hall–Kier alpha value is -2.67. The lowest BCUT2D eigenvalue weighted by atomic mass is 9.45. The van der Waals surface area contributed by atoms with Gasteiger partial charge in [0.25, 0.3) is 0 Å². The monoisotopic (exact) mass is 588 g/mol. The van der Waals surface area contributed by atoms with E-state index in [4.69, 9.17) is 18.9 Å². The smallest absolute Gasteiger partial charge is 0.338 e. The first-order valence-electron chi connectivity index (χ1n) is 14.3. The van der Waals surface area contributed by atoms with E-state index < -0.39 is 82.5 Å². The summed E-state index contributed by atoms with van der Waals surface area (Å²) in [5, 5.41) is 47.3. The van der Waals surface area contributed by atoms with Crippen molar-refractivity contribution in [2.75, 3.05) is 6.61 Å². The molecule has 11 heteroatoms. The van der Waals surface area contributed by atoms with Gasteiger partial charge < -0.3 is 39.4 Å². The highest BCUT2D eigenvalue weighted by molar-refractivity contribution is 5.95. The van der Waals surface area contributed by atoms with E-state index >= 15 is 0 Å². The lowest BCUT2D eigenvalue weighted by molar-refractivity contribution is -0.282. The van der Waals surface area contributed by atoms with Crippen molar-refractivity contribution >= 4 is 17.7 Å². The van der Waals surface area contributed by atoms with Crippen molar-refractivity contribution in [1.82, 2.24) is 0 Å². The molecule has 0 aromatic heterocycles. The number of Topliss-reactive ketones (excluding diaryl/α,β-unsaturated/α-hetero) is 1. The van der Waals surface area contributed by atoms with Gasteiger partial charge in [-0.05, 0) is 44.1 Å². The average molecular weight is 589 g/mol. The van der Waals surface area contributed by atoms with Crippen LogP contribution < -0.4 is 0 Å². The highest BCUT2D eigenvalue weighted by Crippen LogP contribution is 2.63. The van der Waals surface area contributed by atoms with E-state index in [-0.39, 0.29) is 30.6 Å². The van der Waals surface area contributed by atoms with Crippen LogP contribution in [-0.4, -0.2) is 92.8 Å². The Morgan fingerprint density at radius 2 is 1.67 bits per heavy atom. The molecule has 2 bridgehead atoms. The Morgan fingerprint density at radius 3 is 2.24 bits per heavy atom. The van der Waals surface area contributed by atoms with E-state index in [1.165, 1.54) is 19.1 Å². The first kappa shape index (κ1) is 30.8. The quantitative estimate of drug-likeness (QED) is 0.298. The maximum absolute atomic E-state index is 14.8. The number of rotatable bonds is 3. The first-order chi connectivity index (χ1) is 19.5. The van der Waals surface area contributed by atoms with Gasteiger partial charge in [0.2, 0.25) is 0 Å². The number of carbonyl (C=O) groups is 3. The van der Waals surface area contributed by atoms with Gasteiger partial charge >= 0.3 is 11.9 Å². The molecule has 230 valence electrons. The van der Waals surface area contributed by atoms with Gasteiger partial charge in [-0.2, -0.15) is 0 Å². The van der Waals surface area contributed by atoms with Crippen LogP contribution >= 0.6 is 0 Å². The zero-order chi connectivity index (χ0) is 31.0. The number of ether oxygens (including phenoxy) is 4. The molecule has 3 fully saturated rings. The van der Waals surface area contributed by atoms with E-state index in [1.54, 1.807) is 45.9 Å². The van der Waals surface area contributed by atoms with Crippen LogP contribution in [0.1, 0.15) is 64.7 Å². The summed E-state index contributed by atoms with van der Waals surface area (Å²) in [7, 11) is 0. The molecule has 4 aliphatic rings. The number of esters is 2. The molecule has 5 rings (SSSR count). The second-order valence-electron chi connectivity index (χ2n) is 12.9. The molecule has 10 atom stereocenters. The number of carbonyl (C=O) groups excluding carboxylic acids is 3. The molecule has 0 amide bonds. The molecule has 1 aromatic carbocycles. The minimum atomic E-state index is -2.12. The van der Waals surface area contributed by atoms with Crippen molar-refractivity contribution in [1.29, 1.82) is 0 Å². The highest BCUT2D eigenvalue weighted by atomic mass is 16.7. The number of aliphatic hydroxyl groups excluding tert-OH is 3. The van der Waals surface area contributed by atoms with Crippen LogP contribution in [0.25, 0.3) is 0 Å². The van der Waals surface area contributed by atoms with E-state index in [0.29, 0.717) is 5.57 Å². The van der Waals surface area contributed by atoms with Crippen LogP contribution in [0.3, 0.4) is 0 Å². The van der Waals surface area contributed by atoms with E-state index in [2.05, 4.69) is 0 Å². The summed E-state index contributed by atoms with van der Waals surface area (Å²) in [5.74, 6) is -3.75. The van der Waals surface area contributed by atoms with Gasteiger partial charge in [0.1, 0.15) is 17.3 Å². The van der Waals surface area contributed by atoms with Crippen LogP contribution in [0, 0.1) is 16.7 Å². The molecule has 0 radical (unpaired) electrons. The van der Waals surface area contributed by atoms with Crippen LogP contribution in [0.4, 0.5) is 0 Å². The molecule has 3 aliphatic carbocycles. The van der Waals surface area contributed by atoms with Crippen molar-refractivity contribution in [3.05, 3.63) is 47.0 Å². The summed E-state index contributed by atoms with van der Waals surface area (Å²) >= 11 is 0. The fourth-order valence-corrected chi connectivity index (χ4v) is 7.93. The third-order valence-corrected chi connectivity index (χ3v) is 10.3. The third kappa shape index (κ3) is 4.20. The van der Waals surface area contributed by atoms with Crippen LogP contribution in [0.5, 0.6) is 0 Å². The number of hydrogen-bond donors (Lipinski definition) is 4. The van der Waals surface area contributed by atoms with Crippen molar-refractivity contribution in [3.8, 4) is 0 Å². The standard InChI is InChI=1S/C31H40O11/c1-15-19(33)13-31(38)26(41-27(37)18-10-8-7-9-11-18)24-29(6,20(34)12-21(35)30(24)14-39-17(3)42-30)25(36)23(40-16(2)32)22(15)28(31,4)5/h7-11,17,19-21,23-24,26,33-35,38H,12-14H2,1-6H3/t17-,19+,20+,21+,23-,24+,26+,29-,30+,31-/m1/s1. The van der Waals surface area contributed by atoms with Gasteiger partial charge in [0, 0.05) is 31.1 Å². The molecule has 1 saturated heterocycles. The van der Waals surface area contributed by atoms with Gasteiger partial charge in [-0.15, -0.1) is 0 Å². The Labute approximate surface area is 244 Å². The molecule has 1 aromatic rings. The molecule has 1 heterocycles. The van der Waals surface area contributed by atoms with E-state index in [1.807, 2.05) is 0 Å². The summed E-state index contributed by atoms with van der Waals surface area (Å²) in [5.41, 5.74) is -6.52. The molecule has 42 heavy (non-hydrogen) atoms. The molecule has 1 aliphatic heterocycles. The van der Waals surface area contributed by atoms with Gasteiger partial charge in [-0.3, -0.25) is 9.59 Å². The number of fused-ring (bicyclic) bond motifs is 4. The number of aliphatic hydroxyl groups is 4. The largest absolute Gasteiger partial charge is 0.455 e. The van der Waals surface area contributed by atoms with E-state index in [0.717, 1.165) is 6.92 Å². The van der Waals surface area contributed by atoms with Crippen LogP contribution in [0.2, 0.25) is 0 Å². The lowest BCUT2D eigenvalue weighted by Crippen LogP contribution is -2.77. The predicted octanol–water partition coefficient (Wildman–Crippen LogP) is 1.44. The molecule has 2 saturated carbocycles. The predicted molar refractivity (Wildman–Crippen MR) is 146 cm³/mol. The maximum atomic E-state index is 14.8. The molecular formula is C31H40O11. The number of ketones is 1. The van der Waals surface area contributed by atoms with Crippen molar-refractivity contribution in [2.24, 2.45) is 16.7 Å². The Kier molecular flexibility index (Phi) is 7.48. The summed E-state index contributed by atoms with van der Waals surface area (Å²) in [6.07, 6.45) is -8.92. The fraction of sp³-hybridized carbons (Fsp3) is 0.645. The van der Waals surface area contributed by atoms with Crippen molar-refractivity contribution in [2.45, 2.75) is 102 Å². The maximum Gasteiger partial charge on any atom is 0.338 e. The van der Waals surface area contributed by atoms with Crippen molar-refractivity contribution in [3.63, 3.8) is 0 Å². The Balaban J connectivity index is 1.85. The summed E-state index contributed by atoms with van der Waals surface area (Å²) < 4.78 is 23.9. The number of benzene rings is 1. The van der Waals surface area contributed by atoms with Crippen molar-refractivity contribution < 1.29 is 53.8 Å². The SMILES string of the molecule is CC(=O)O[C@H]1C(=O)[C@@]2(C)[C@H]([C@H](OC(=O)c3ccccc3)[C@]3(O)C[C@H](O)C(C)=C1C3(C)C)[C@]1(CO[C@@H](C)O1)[C@@H](O)C[C@@H]2O. The second kappa shape index (κ2) is 10.2. The zero-order valence-electron chi connectivity index (χ0n) is 24.7. The molecule has 11 nitrogen and oxygen atoms in total. The first-order valence-corrected chi connectivity index (χ1v) is 14.3. The Bertz CT molecular complexity index is 1310. The zero-order valence-corrected chi connectivity index (χ0v) is 24.7. The minimum Gasteiger partial charge on any atom is -0.455 e. The third-order valence-electron chi connectivity index (χ3n) is 10.3. The van der Waals surface area contributed by atoms with Crippen LogP contribution in [0.15, 0.2) is 41.5 Å². The summed E-state index contributed by atoms with van der Waals surface area (Å²) in [6, 6.07) is 8.07. The van der Waals surface area contributed by atoms with Gasteiger partial charge in [0.05, 0.1) is 35.9 Å². The highest BCUT2D eigenvalue weighted by Gasteiger charge is 2.76. The summed E-state index contributed by atoms with van der Waals surface area (Å²) in [4.78, 5) is 40.9. The molecule has 0 unspecified atom stereocenters. The minimum absolute atomic E-state index is 0.161. The average Bonchev–Trinajstić information content (AvgIpc) is 3.31. The topological polar surface area (TPSA) is 169 Å². The van der Waals surface area contributed by atoms with Gasteiger partial charge in [-0.1, -0.05) is 32.0 Å². The van der Waals surface area contributed by atoms with Gasteiger partial charge in [-0.25, -0.2) is 4.79 Å². The number of hydrogen-bond acceptors (Lipinski definition) is 11. The normalized spacial score (nSPS) is 42.9. The molecule has 4 N–H and O–H groups in total. The van der Waals surface area contributed by atoms with Gasteiger partial charge in [0.15, 0.2) is 18.2 Å². The second-order valence-corrected chi connectivity index (χ2v) is 12.9. The summed E-state index contributed by atoms with van der Waals surface area (Å²) in [6.45, 7) is 8.81. The molecular weight excluding hydrogens is 548 g/mol. The Morgan fingerprint density at radius 1 is 1.02 bits per heavy atom. The van der Waals surface area contributed by atoms with E-state index in [9.17, 15) is 34.8 Å². The van der Waals surface area contributed by atoms with Crippen LogP contribution in [-0.2, 0) is 28.5 Å².